The smallest absolute Gasteiger partial charge is 0.151 e. The standard InChI is InChI=1S/C11H11FO2/c12-10-3-1-2-8-4-5-11(14,7-13)6-9(8)10/h1-3,7,14H,4-6H2. The van der Waals surface area contributed by atoms with Gasteiger partial charge in [0.05, 0.1) is 0 Å². The molecule has 0 heterocycles. The van der Waals surface area contributed by atoms with Gasteiger partial charge in [-0.2, -0.15) is 0 Å². The molecule has 1 aromatic carbocycles. The molecule has 1 unspecified atom stereocenters. The van der Waals surface area contributed by atoms with Crippen LogP contribution in [0.25, 0.3) is 0 Å². The van der Waals surface area contributed by atoms with Crippen LogP contribution in [0.2, 0.25) is 0 Å². The van der Waals surface area contributed by atoms with E-state index in [0.29, 0.717) is 24.7 Å². The Morgan fingerprint density at radius 3 is 3.00 bits per heavy atom. The molecule has 0 aliphatic heterocycles. The largest absolute Gasteiger partial charge is 0.382 e. The Bertz CT molecular complexity index is 376. The summed E-state index contributed by atoms with van der Waals surface area (Å²) in [6, 6.07) is 4.84. The zero-order valence-corrected chi connectivity index (χ0v) is 7.66. The van der Waals surface area contributed by atoms with Crippen LogP contribution in [0.4, 0.5) is 4.39 Å². The second-order valence-corrected chi connectivity index (χ2v) is 3.78. The van der Waals surface area contributed by atoms with Gasteiger partial charge in [0.1, 0.15) is 11.4 Å². The van der Waals surface area contributed by atoms with E-state index in [9.17, 15) is 14.3 Å². The molecule has 3 heteroatoms. The van der Waals surface area contributed by atoms with Crippen molar-refractivity contribution >= 4 is 6.29 Å². The maximum absolute atomic E-state index is 13.3. The third-order valence-corrected chi connectivity index (χ3v) is 2.75. The average Bonchev–Trinajstić information content (AvgIpc) is 2.20. The van der Waals surface area contributed by atoms with E-state index in [0.717, 1.165) is 5.56 Å². The fourth-order valence-electron chi connectivity index (χ4n) is 1.88. The Morgan fingerprint density at radius 2 is 2.29 bits per heavy atom. The number of carbonyl (C=O) groups excluding carboxylic acids is 1. The first kappa shape index (κ1) is 9.34. The average molecular weight is 194 g/mol. The predicted octanol–water partition coefficient (Wildman–Crippen LogP) is 1.24. The van der Waals surface area contributed by atoms with Crippen molar-refractivity contribution in [2.24, 2.45) is 0 Å². The highest BCUT2D eigenvalue weighted by Gasteiger charge is 2.32. The normalized spacial score (nSPS) is 25.6. The maximum Gasteiger partial charge on any atom is 0.151 e. The first-order valence-electron chi connectivity index (χ1n) is 4.60. The molecule has 1 atom stereocenters. The van der Waals surface area contributed by atoms with Crippen molar-refractivity contribution in [1.29, 1.82) is 0 Å². The molecule has 2 nitrogen and oxygen atoms in total. The Balaban J connectivity index is 2.43. The monoisotopic (exact) mass is 194 g/mol. The van der Waals surface area contributed by atoms with Crippen LogP contribution in [-0.2, 0) is 17.6 Å². The van der Waals surface area contributed by atoms with Gasteiger partial charge in [0.15, 0.2) is 6.29 Å². The predicted molar refractivity (Wildman–Crippen MR) is 49.4 cm³/mol. The molecule has 1 N–H and O–H groups in total. The van der Waals surface area contributed by atoms with Gasteiger partial charge in [0.2, 0.25) is 0 Å². The van der Waals surface area contributed by atoms with E-state index in [2.05, 4.69) is 0 Å². The molecule has 2 rings (SSSR count). The molecule has 1 aliphatic carbocycles. The SMILES string of the molecule is O=CC1(O)CCc2cccc(F)c2C1. The van der Waals surface area contributed by atoms with Gasteiger partial charge < -0.3 is 9.90 Å². The zero-order chi connectivity index (χ0) is 10.2. The van der Waals surface area contributed by atoms with E-state index in [1.165, 1.54) is 6.07 Å². The van der Waals surface area contributed by atoms with Crippen LogP contribution >= 0.6 is 0 Å². The lowest BCUT2D eigenvalue weighted by Crippen LogP contribution is -2.37. The summed E-state index contributed by atoms with van der Waals surface area (Å²) in [5.41, 5.74) is 0.0136. The van der Waals surface area contributed by atoms with Crippen LogP contribution in [-0.4, -0.2) is 17.0 Å². The van der Waals surface area contributed by atoms with Gasteiger partial charge in [-0.1, -0.05) is 12.1 Å². The number of carbonyl (C=O) groups is 1. The summed E-state index contributed by atoms with van der Waals surface area (Å²) in [5, 5.41) is 9.72. The van der Waals surface area contributed by atoms with Gasteiger partial charge in [-0.25, -0.2) is 4.39 Å². The molecule has 0 bridgehead atoms. The molecule has 0 fully saturated rings. The van der Waals surface area contributed by atoms with Crippen molar-refractivity contribution in [2.45, 2.75) is 24.9 Å². The van der Waals surface area contributed by atoms with Crippen LogP contribution < -0.4 is 0 Å². The van der Waals surface area contributed by atoms with Crippen LogP contribution in [0.5, 0.6) is 0 Å². The van der Waals surface area contributed by atoms with Gasteiger partial charge in [0.25, 0.3) is 0 Å². The number of aliphatic hydroxyl groups is 1. The van der Waals surface area contributed by atoms with E-state index >= 15 is 0 Å². The van der Waals surface area contributed by atoms with Crippen LogP contribution in [0.15, 0.2) is 18.2 Å². The quantitative estimate of drug-likeness (QED) is 0.683. The fourth-order valence-corrected chi connectivity index (χ4v) is 1.88. The number of benzene rings is 1. The second-order valence-electron chi connectivity index (χ2n) is 3.78. The molecule has 14 heavy (non-hydrogen) atoms. The number of halogens is 1. The van der Waals surface area contributed by atoms with Gasteiger partial charge in [0, 0.05) is 6.42 Å². The molecule has 0 aromatic heterocycles. The molecule has 1 aromatic rings. The summed E-state index contributed by atoms with van der Waals surface area (Å²) in [4.78, 5) is 10.6. The molecular weight excluding hydrogens is 183 g/mol. The Labute approximate surface area is 81.4 Å². The summed E-state index contributed by atoms with van der Waals surface area (Å²) in [7, 11) is 0. The van der Waals surface area contributed by atoms with Gasteiger partial charge in [-0.3, -0.25) is 0 Å². The molecule has 0 amide bonds. The van der Waals surface area contributed by atoms with Gasteiger partial charge in [-0.15, -0.1) is 0 Å². The highest BCUT2D eigenvalue weighted by Crippen LogP contribution is 2.28. The summed E-state index contributed by atoms with van der Waals surface area (Å²) in [6.07, 6.45) is 1.55. The molecule has 0 spiro atoms. The van der Waals surface area contributed by atoms with Crippen LogP contribution in [0, 0.1) is 5.82 Å². The lowest BCUT2D eigenvalue weighted by atomic mass is 9.81. The molecule has 0 saturated carbocycles. The van der Waals surface area contributed by atoms with Gasteiger partial charge >= 0.3 is 0 Å². The summed E-state index contributed by atoms with van der Waals surface area (Å²) < 4.78 is 13.3. The number of hydrogen-bond donors (Lipinski definition) is 1. The van der Waals surface area contributed by atoms with Crippen molar-refractivity contribution in [3.05, 3.63) is 35.1 Å². The number of rotatable bonds is 1. The minimum atomic E-state index is -1.37. The number of aryl methyl sites for hydroxylation is 1. The van der Waals surface area contributed by atoms with Crippen LogP contribution in [0.1, 0.15) is 17.5 Å². The van der Waals surface area contributed by atoms with Crippen molar-refractivity contribution in [1.82, 2.24) is 0 Å². The van der Waals surface area contributed by atoms with E-state index in [4.69, 9.17) is 0 Å². The Kier molecular flexibility index (Phi) is 2.11. The highest BCUT2D eigenvalue weighted by atomic mass is 19.1. The third kappa shape index (κ3) is 1.44. The van der Waals surface area contributed by atoms with E-state index in [1.807, 2.05) is 6.07 Å². The lowest BCUT2D eigenvalue weighted by molar-refractivity contribution is -0.125. The molecule has 1 aliphatic rings. The number of fused-ring (bicyclic) bond motifs is 1. The minimum Gasteiger partial charge on any atom is -0.382 e. The molecule has 0 radical (unpaired) electrons. The molecular formula is C11H11FO2. The zero-order valence-electron chi connectivity index (χ0n) is 7.66. The van der Waals surface area contributed by atoms with Gasteiger partial charge in [-0.05, 0) is 30.0 Å². The first-order chi connectivity index (χ1) is 6.64. The topological polar surface area (TPSA) is 37.3 Å². The first-order valence-corrected chi connectivity index (χ1v) is 4.60. The van der Waals surface area contributed by atoms with E-state index in [-0.39, 0.29) is 12.2 Å². The van der Waals surface area contributed by atoms with E-state index in [1.54, 1.807) is 6.07 Å². The Morgan fingerprint density at radius 1 is 1.50 bits per heavy atom. The second kappa shape index (κ2) is 3.17. The third-order valence-electron chi connectivity index (χ3n) is 2.75. The minimum absolute atomic E-state index is 0.0957. The van der Waals surface area contributed by atoms with Crippen molar-refractivity contribution in [3.63, 3.8) is 0 Å². The molecule has 0 saturated heterocycles. The van der Waals surface area contributed by atoms with Crippen molar-refractivity contribution in [2.75, 3.05) is 0 Å². The number of hydrogen-bond acceptors (Lipinski definition) is 2. The summed E-state index contributed by atoms with van der Waals surface area (Å²) >= 11 is 0. The Hall–Kier alpha value is -1.22. The van der Waals surface area contributed by atoms with E-state index < -0.39 is 5.60 Å². The lowest BCUT2D eigenvalue weighted by Gasteiger charge is -2.28. The fraction of sp³-hybridized carbons (Fsp3) is 0.364. The maximum atomic E-state index is 13.3. The highest BCUT2D eigenvalue weighted by molar-refractivity contribution is 5.64. The van der Waals surface area contributed by atoms with Crippen molar-refractivity contribution in [3.8, 4) is 0 Å². The van der Waals surface area contributed by atoms with Crippen LogP contribution in [0.3, 0.4) is 0 Å². The van der Waals surface area contributed by atoms with Crippen molar-refractivity contribution < 1.29 is 14.3 Å². The summed E-state index contributed by atoms with van der Waals surface area (Å²) in [5.74, 6) is -0.331. The molecule has 74 valence electrons. The summed E-state index contributed by atoms with van der Waals surface area (Å²) in [6.45, 7) is 0. The number of aldehydes is 1.